The molecule has 1 aliphatic heterocycles. The molecule has 0 radical (unpaired) electrons. The minimum Gasteiger partial charge on any atom is -0.475 e. The van der Waals surface area contributed by atoms with Crippen LogP contribution in [-0.2, 0) is 6.42 Å². The highest BCUT2D eigenvalue weighted by atomic mass is 16.6. The average Bonchev–Trinajstić information content (AvgIpc) is 2.57. The first kappa shape index (κ1) is 18.5. The Morgan fingerprint density at radius 3 is 2.52 bits per heavy atom. The third kappa shape index (κ3) is 2.49. The van der Waals surface area contributed by atoms with E-state index in [4.69, 9.17) is 9.15 Å². The molecular formula is C21H28O6. The van der Waals surface area contributed by atoms with Gasteiger partial charge < -0.3 is 19.4 Å². The van der Waals surface area contributed by atoms with Gasteiger partial charge in [0.25, 0.3) is 5.95 Å². The van der Waals surface area contributed by atoms with E-state index in [9.17, 15) is 19.8 Å². The molecule has 0 spiro atoms. The minimum atomic E-state index is -1.27. The summed E-state index contributed by atoms with van der Waals surface area (Å²) in [5.41, 5.74) is -0.661. The number of carbonyl (C=O) groups is 1. The van der Waals surface area contributed by atoms with Crippen LogP contribution in [0.25, 0.3) is 0 Å². The van der Waals surface area contributed by atoms with Crippen molar-refractivity contribution >= 4 is 5.97 Å². The van der Waals surface area contributed by atoms with E-state index >= 15 is 0 Å². The van der Waals surface area contributed by atoms with Crippen LogP contribution in [0.5, 0.6) is 5.95 Å². The van der Waals surface area contributed by atoms with Crippen LogP contribution < -0.4 is 10.2 Å². The van der Waals surface area contributed by atoms with E-state index in [0.29, 0.717) is 17.9 Å². The number of hydrogen-bond donors (Lipinski definition) is 2. The zero-order valence-corrected chi connectivity index (χ0v) is 16.4. The van der Waals surface area contributed by atoms with Gasteiger partial charge in [0, 0.05) is 12.0 Å². The summed E-state index contributed by atoms with van der Waals surface area (Å²) in [6, 6.07) is 1.05. The Morgan fingerprint density at radius 1 is 1.15 bits per heavy atom. The van der Waals surface area contributed by atoms with Gasteiger partial charge in [-0.05, 0) is 55.8 Å². The molecular weight excluding hydrogens is 348 g/mol. The number of carboxylic acids is 1. The van der Waals surface area contributed by atoms with Crippen molar-refractivity contribution < 1.29 is 24.2 Å². The Bertz CT molecular complexity index is 855. The zero-order chi connectivity index (χ0) is 19.8. The Balaban J connectivity index is 1.80. The second-order valence-electron chi connectivity index (χ2n) is 9.69. The predicted octanol–water partition coefficient (Wildman–Crippen LogP) is 3.25. The number of aliphatic hydroxyl groups excluding tert-OH is 1. The van der Waals surface area contributed by atoms with Gasteiger partial charge in [-0.15, -0.1) is 0 Å². The van der Waals surface area contributed by atoms with Crippen LogP contribution in [0.2, 0.25) is 0 Å². The second-order valence-corrected chi connectivity index (χ2v) is 9.69. The molecule has 2 aliphatic carbocycles. The van der Waals surface area contributed by atoms with E-state index in [1.54, 1.807) is 0 Å². The monoisotopic (exact) mass is 376 g/mol. The topological polar surface area (TPSA) is 97.0 Å². The van der Waals surface area contributed by atoms with Gasteiger partial charge in [-0.3, -0.25) is 4.79 Å². The number of carboxylic acid groups (broad SMARTS) is 1. The van der Waals surface area contributed by atoms with Crippen LogP contribution >= 0.6 is 0 Å². The number of aromatic carboxylic acids is 1. The summed E-state index contributed by atoms with van der Waals surface area (Å²) < 4.78 is 11.6. The van der Waals surface area contributed by atoms with Crippen LogP contribution in [0.1, 0.15) is 69.5 Å². The summed E-state index contributed by atoms with van der Waals surface area (Å²) in [5, 5.41) is 19.8. The van der Waals surface area contributed by atoms with Crippen molar-refractivity contribution in [3.05, 3.63) is 27.6 Å². The average molecular weight is 376 g/mol. The maximum atomic E-state index is 12.6. The van der Waals surface area contributed by atoms with E-state index in [1.807, 2.05) is 6.92 Å². The van der Waals surface area contributed by atoms with Gasteiger partial charge in [0.05, 0.1) is 11.7 Å². The Kier molecular flexibility index (Phi) is 3.84. The molecule has 3 aliphatic rings. The van der Waals surface area contributed by atoms with Crippen LogP contribution in [0, 0.1) is 22.7 Å². The van der Waals surface area contributed by atoms with E-state index in [-0.39, 0.29) is 40.0 Å². The zero-order valence-electron chi connectivity index (χ0n) is 16.4. The smallest absolute Gasteiger partial charge is 0.372 e. The van der Waals surface area contributed by atoms with E-state index < -0.39 is 11.6 Å². The molecule has 0 bridgehead atoms. The Hall–Kier alpha value is -1.82. The Labute approximate surface area is 158 Å². The van der Waals surface area contributed by atoms with Crippen molar-refractivity contribution in [1.82, 2.24) is 0 Å². The van der Waals surface area contributed by atoms with E-state index in [2.05, 4.69) is 20.8 Å². The minimum absolute atomic E-state index is 0.0642. The fraction of sp³-hybridized carbons (Fsp3) is 0.714. The number of aliphatic hydroxyl groups is 1. The number of ether oxygens (including phenoxy) is 1. The van der Waals surface area contributed by atoms with Crippen molar-refractivity contribution in [2.24, 2.45) is 22.7 Å². The lowest BCUT2D eigenvalue weighted by molar-refractivity contribution is -0.195. The summed E-state index contributed by atoms with van der Waals surface area (Å²) in [7, 11) is 0. The maximum absolute atomic E-state index is 12.6. The summed E-state index contributed by atoms with van der Waals surface area (Å²) in [4.78, 5) is 23.8. The number of rotatable bonds is 1. The lowest BCUT2D eigenvalue weighted by atomic mass is 9.44. The standard InChI is InChI=1S/C21H28O6/c1-19(2)14-5-8-21(4)15(20(14,3)7-6-16(19)23)9-11-12(22)10-13(17(24)25)26-18(11)27-21/h10,14-16,23H,5-9H2,1-4H3,(H,24,25). The maximum Gasteiger partial charge on any atom is 0.372 e. The van der Waals surface area contributed by atoms with Gasteiger partial charge in [0.15, 0.2) is 5.43 Å². The molecule has 0 amide bonds. The molecule has 6 heteroatoms. The Morgan fingerprint density at radius 2 is 1.85 bits per heavy atom. The predicted molar refractivity (Wildman–Crippen MR) is 98.0 cm³/mol. The van der Waals surface area contributed by atoms with E-state index in [0.717, 1.165) is 31.7 Å². The van der Waals surface area contributed by atoms with Crippen LogP contribution in [0.4, 0.5) is 0 Å². The van der Waals surface area contributed by atoms with Gasteiger partial charge in [-0.25, -0.2) is 4.79 Å². The molecule has 148 valence electrons. The molecule has 2 heterocycles. The molecule has 4 rings (SSSR count). The summed E-state index contributed by atoms with van der Waals surface area (Å²) >= 11 is 0. The SMILES string of the molecule is CC12CCC3C(C)(C)C(O)CCC3(C)C1Cc1c(oc(C(=O)O)cc1=O)O2. The van der Waals surface area contributed by atoms with Gasteiger partial charge in [-0.1, -0.05) is 20.8 Å². The first-order valence-corrected chi connectivity index (χ1v) is 9.76. The number of fused-ring (bicyclic) bond motifs is 4. The van der Waals surface area contributed by atoms with Crippen molar-refractivity contribution in [2.75, 3.05) is 0 Å². The molecule has 1 aromatic rings. The third-order valence-electron chi connectivity index (χ3n) is 7.93. The largest absolute Gasteiger partial charge is 0.475 e. The molecule has 5 atom stereocenters. The highest BCUT2D eigenvalue weighted by Crippen LogP contribution is 2.64. The van der Waals surface area contributed by atoms with E-state index in [1.165, 1.54) is 0 Å². The van der Waals surface area contributed by atoms with Gasteiger partial charge in [-0.2, -0.15) is 0 Å². The highest BCUT2D eigenvalue weighted by molar-refractivity contribution is 5.84. The third-order valence-corrected chi connectivity index (χ3v) is 7.93. The normalized spacial score (nSPS) is 39.5. The fourth-order valence-corrected chi connectivity index (χ4v) is 6.35. The molecule has 27 heavy (non-hydrogen) atoms. The van der Waals surface area contributed by atoms with Crippen molar-refractivity contribution in [3.8, 4) is 5.95 Å². The molecule has 5 unspecified atom stereocenters. The van der Waals surface area contributed by atoms with Crippen LogP contribution in [-0.4, -0.2) is 27.9 Å². The summed E-state index contributed by atoms with van der Waals surface area (Å²) in [6.45, 7) is 8.61. The lowest BCUT2D eigenvalue weighted by Gasteiger charge is -2.63. The second kappa shape index (κ2) is 5.60. The first-order valence-electron chi connectivity index (χ1n) is 9.76. The molecule has 2 N–H and O–H groups in total. The first-order chi connectivity index (χ1) is 12.5. The number of hydrogen-bond acceptors (Lipinski definition) is 5. The fourth-order valence-electron chi connectivity index (χ4n) is 6.35. The van der Waals surface area contributed by atoms with Crippen molar-refractivity contribution in [3.63, 3.8) is 0 Å². The molecule has 6 nitrogen and oxygen atoms in total. The lowest BCUT2D eigenvalue weighted by Crippen LogP contribution is -2.63. The highest BCUT2D eigenvalue weighted by Gasteiger charge is 2.62. The summed E-state index contributed by atoms with van der Waals surface area (Å²) in [6.07, 6.45) is 3.54. The van der Waals surface area contributed by atoms with Gasteiger partial charge >= 0.3 is 5.97 Å². The molecule has 0 aromatic carbocycles. The van der Waals surface area contributed by atoms with Gasteiger partial charge in [0.1, 0.15) is 5.60 Å². The molecule has 0 saturated heterocycles. The molecule has 2 fully saturated rings. The van der Waals surface area contributed by atoms with Crippen molar-refractivity contribution in [1.29, 1.82) is 0 Å². The van der Waals surface area contributed by atoms with Crippen molar-refractivity contribution in [2.45, 2.75) is 71.5 Å². The quantitative estimate of drug-likeness (QED) is 0.781. The van der Waals surface area contributed by atoms with Gasteiger partial charge in [0.2, 0.25) is 5.76 Å². The van der Waals surface area contributed by atoms with Crippen LogP contribution in [0.3, 0.4) is 0 Å². The molecule has 1 aromatic heterocycles. The van der Waals surface area contributed by atoms with Crippen LogP contribution in [0.15, 0.2) is 15.3 Å². The molecule has 2 saturated carbocycles. The summed E-state index contributed by atoms with van der Waals surface area (Å²) in [5.74, 6) is -1.15.